The first-order valence-electron chi connectivity index (χ1n) is 20.1. The highest BCUT2D eigenvalue weighted by atomic mass is 15.0. The molecule has 13 rings (SSSR count). The lowest BCUT2D eigenvalue weighted by atomic mass is 9.93. The lowest BCUT2D eigenvalue weighted by Crippen LogP contribution is -1.95. The Hall–Kier alpha value is -7.68. The normalized spacial score (nSPS) is 12.1. The molecule has 268 valence electrons. The highest BCUT2D eigenvalue weighted by molar-refractivity contribution is 6.20. The van der Waals surface area contributed by atoms with E-state index in [9.17, 15) is 0 Å². The van der Waals surface area contributed by atoms with Gasteiger partial charge in [-0.25, -0.2) is 0 Å². The third kappa shape index (κ3) is 4.37. The van der Waals surface area contributed by atoms with Crippen molar-refractivity contribution >= 4 is 65.2 Å². The first kappa shape index (κ1) is 31.5. The van der Waals surface area contributed by atoms with Crippen molar-refractivity contribution < 1.29 is 0 Å². The van der Waals surface area contributed by atoms with Crippen molar-refractivity contribution in [3.63, 3.8) is 0 Å². The molecule has 0 bridgehead atoms. The van der Waals surface area contributed by atoms with Crippen LogP contribution in [0.2, 0.25) is 0 Å². The minimum absolute atomic E-state index is 1.17. The molecular weight excluding hydrogens is 701 g/mol. The van der Waals surface area contributed by atoms with Crippen molar-refractivity contribution in [1.82, 2.24) is 9.13 Å². The number of nitrogens with zero attached hydrogens (tertiary/aromatic N) is 2. The molecule has 1 aliphatic carbocycles. The number of fused-ring (bicyclic) bond motifs is 10. The first-order chi connectivity index (χ1) is 28.8. The molecule has 0 spiro atoms. The second-order valence-corrected chi connectivity index (χ2v) is 15.7. The van der Waals surface area contributed by atoms with Gasteiger partial charge in [-0.1, -0.05) is 146 Å². The van der Waals surface area contributed by atoms with Crippen LogP contribution in [0.15, 0.2) is 206 Å². The van der Waals surface area contributed by atoms with E-state index in [4.69, 9.17) is 0 Å². The molecule has 58 heavy (non-hydrogen) atoms. The maximum Gasteiger partial charge on any atom is 0.0541 e. The highest BCUT2D eigenvalue weighted by Crippen LogP contribution is 2.50. The molecule has 2 heteroatoms. The summed E-state index contributed by atoms with van der Waals surface area (Å²) in [6.45, 7) is 0. The Balaban J connectivity index is 1.05. The fourth-order valence-electron chi connectivity index (χ4n) is 10.1. The zero-order valence-electron chi connectivity index (χ0n) is 31.5. The van der Waals surface area contributed by atoms with Gasteiger partial charge in [-0.2, -0.15) is 0 Å². The standard InChI is InChI=1S/C56H34N2/c1-2-14-39(15-3-1)57-52-22-9-8-19-44(52)48-32-36(24-29-53(48)57)37-25-30-54-49(33-37)50-34-38(26-31-55(50)58(54)51-23-10-13-35-12-4-5-16-41(35)51)40-27-28-47-43-18-7-6-17-42(43)46-21-11-20-45(40)56(46)47/h1-34H. The van der Waals surface area contributed by atoms with Crippen LogP contribution in [-0.4, -0.2) is 9.13 Å². The molecule has 0 N–H and O–H groups in total. The van der Waals surface area contributed by atoms with Gasteiger partial charge in [-0.05, 0) is 121 Å². The Morgan fingerprint density at radius 2 is 0.759 bits per heavy atom. The van der Waals surface area contributed by atoms with E-state index in [0.717, 1.165) is 0 Å². The van der Waals surface area contributed by atoms with E-state index in [1.54, 1.807) is 0 Å². The smallest absolute Gasteiger partial charge is 0.0541 e. The average Bonchev–Trinajstić information content (AvgIpc) is 3.92. The predicted molar refractivity (Wildman–Crippen MR) is 245 cm³/mol. The van der Waals surface area contributed by atoms with Crippen LogP contribution in [0.3, 0.4) is 0 Å². The van der Waals surface area contributed by atoms with Crippen molar-refractivity contribution in [2.45, 2.75) is 0 Å². The summed E-state index contributed by atoms with van der Waals surface area (Å²) in [5.41, 5.74) is 17.4. The molecule has 1 aliphatic rings. The van der Waals surface area contributed by atoms with Crippen LogP contribution in [0.4, 0.5) is 0 Å². The molecule has 0 radical (unpaired) electrons. The molecule has 0 saturated carbocycles. The third-order valence-corrected chi connectivity index (χ3v) is 12.7. The topological polar surface area (TPSA) is 9.86 Å². The number of hydrogen-bond acceptors (Lipinski definition) is 0. The Morgan fingerprint density at radius 1 is 0.259 bits per heavy atom. The summed E-state index contributed by atoms with van der Waals surface area (Å²) < 4.78 is 4.86. The van der Waals surface area contributed by atoms with Gasteiger partial charge in [0.15, 0.2) is 0 Å². The molecule has 0 aliphatic heterocycles. The van der Waals surface area contributed by atoms with E-state index in [-0.39, 0.29) is 0 Å². The SMILES string of the molecule is c1ccc(-n2c3ccccc3c3cc(-c4ccc5c(c4)c4cc(-c6ccc7c8c(cccc68)-c6ccccc6-7)ccc4n5-c4cccc5ccccc45)ccc32)cc1. The van der Waals surface area contributed by atoms with Gasteiger partial charge in [0.1, 0.15) is 0 Å². The Labute approximate surface area is 335 Å². The van der Waals surface area contributed by atoms with E-state index < -0.39 is 0 Å². The molecule has 2 aromatic heterocycles. The van der Waals surface area contributed by atoms with Crippen molar-refractivity contribution in [2.75, 3.05) is 0 Å². The van der Waals surface area contributed by atoms with Crippen molar-refractivity contribution in [3.05, 3.63) is 206 Å². The van der Waals surface area contributed by atoms with Crippen LogP contribution in [0.1, 0.15) is 0 Å². The Morgan fingerprint density at radius 3 is 1.53 bits per heavy atom. The van der Waals surface area contributed by atoms with Gasteiger partial charge in [-0.15, -0.1) is 0 Å². The van der Waals surface area contributed by atoms with Gasteiger partial charge < -0.3 is 9.13 Å². The van der Waals surface area contributed by atoms with Gasteiger partial charge in [0.2, 0.25) is 0 Å². The van der Waals surface area contributed by atoms with Crippen molar-refractivity contribution in [2.24, 2.45) is 0 Å². The van der Waals surface area contributed by atoms with E-state index in [2.05, 4.69) is 215 Å². The molecule has 0 unspecified atom stereocenters. The quantitative estimate of drug-likeness (QED) is 0.170. The summed E-state index contributed by atoms with van der Waals surface area (Å²) in [6, 6.07) is 76.3. The maximum absolute atomic E-state index is 2.47. The van der Waals surface area contributed by atoms with Gasteiger partial charge >= 0.3 is 0 Å². The van der Waals surface area contributed by atoms with E-state index in [0.29, 0.717) is 0 Å². The van der Waals surface area contributed by atoms with Crippen LogP contribution in [0.5, 0.6) is 0 Å². The van der Waals surface area contributed by atoms with E-state index >= 15 is 0 Å². The van der Waals surface area contributed by atoms with Crippen LogP contribution < -0.4 is 0 Å². The second kappa shape index (κ2) is 11.9. The summed E-state index contributed by atoms with van der Waals surface area (Å²) in [7, 11) is 0. The summed E-state index contributed by atoms with van der Waals surface area (Å²) in [5, 5.41) is 10.1. The number of rotatable bonds is 4. The van der Waals surface area contributed by atoms with Crippen molar-refractivity contribution in [1.29, 1.82) is 0 Å². The number of para-hydroxylation sites is 2. The maximum atomic E-state index is 2.47. The van der Waals surface area contributed by atoms with Crippen LogP contribution >= 0.6 is 0 Å². The lowest BCUT2D eigenvalue weighted by molar-refractivity contribution is 1.18. The Kier molecular flexibility index (Phi) is 6.47. The molecule has 0 atom stereocenters. The molecule has 0 saturated heterocycles. The zero-order valence-corrected chi connectivity index (χ0v) is 31.5. The first-order valence-corrected chi connectivity index (χ1v) is 20.1. The zero-order chi connectivity index (χ0) is 37.9. The molecule has 2 heterocycles. The van der Waals surface area contributed by atoms with Crippen molar-refractivity contribution in [3.8, 4) is 55.9 Å². The summed E-state index contributed by atoms with van der Waals surface area (Å²) in [6.07, 6.45) is 0. The van der Waals surface area contributed by atoms with Gasteiger partial charge in [0, 0.05) is 32.6 Å². The lowest BCUT2D eigenvalue weighted by Gasteiger charge is -2.13. The molecule has 0 fully saturated rings. The summed E-state index contributed by atoms with van der Waals surface area (Å²) in [4.78, 5) is 0. The number of benzene rings is 10. The predicted octanol–water partition coefficient (Wildman–Crippen LogP) is 15.2. The van der Waals surface area contributed by atoms with Gasteiger partial charge in [0.05, 0.1) is 27.8 Å². The molecule has 0 amide bonds. The third-order valence-electron chi connectivity index (χ3n) is 12.7. The van der Waals surface area contributed by atoms with Gasteiger partial charge in [-0.3, -0.25) is 0 Å². The number of aromatic nitrogens is 2. The van der Waals surface area contributed by atoms with E-state index in [1.165, 1.54) is 121 Å². The minimum atomic E-state index is 1.17. The van der Waals surface area contributed by atoms with E-state index in [1.807, 2.05) is 0 Å². The van der Waals surface area contributed by atoms with Crippen LogP contribution in [-0.2, 0) is 0 Å². The molecule has 10 aromatic carbocycles. The van der Waals surface area contributed by atoms with Crippen LogP contribution in [0, 0.1) is 0 Å². The fourth-order valence-corrected chi connectivity index (χ4v) is 10.1. The number of hydrogen-bond donors (Lipinski definition) is 0. The second-order valence-electron chi connectivity index (χ2n) is 15.7. The molecule has 2 nitrogen and oxygen atoms in total. The minimum Gasteiger partial charge on any atom is -0.309 e. The highest BCUT2D eigenvalue weighted by Gasteiger charge is 2.23. The molecular formula is C56H34N2. The summed E-state index contributed by atoms with van der Waals surface area (Å²) in [5.74, 6) is 0. The average molecular weight is 735 g/mol. The Bertz CT molecular complexity index is 3640. The molecule has 12 aromatic rings. The fraction of sp³-hybridized carbons (Fsp3) is 0. The van der Waals surface area contributed by atoms with Gasteiger partial charge in [0.25, 0.3) is 0 Å². The van der Waals surface area contributed by atoms with Crippen LogP contribution in [0.25, 0.3) is 121 Å². The largest absolute Gasteiger partial charge is 0.309 e. The summed E-state index contributed by atoms with van der Waals surface area (Å²) >= 11 is 0. The monoisotopic (exact) mass is 734 g/mol.